The molecule has 0 bridgehead atoms. The number of methoxy groups -OCH3 is 1. The van der Waals surface area contributed by atoms with Crippen LogP contribution in [-0.2, 0) is 28.7 Å². The third-order valence-corrected chi connectivity index (χ3v) is 8.07. The number of rotatable bonds is 15. The summed E-state index contributed by atoms with van der Waals surface area (Å²) < 4.78 is 5.93. The molecular weight excluding hydrogens is 662 g/mol. The Hall–Kier alpha value is -5.02. The molecule has 268 valence electrons. The van der Waals surface area contributed by atoms with Crippen molar-refractivity contribution in [2.45, 2.75) is 51.1 Å². The Bertz CT molecular complexity index is 1530. The van der Waals surface area contributed by atoms with Crippen LogP contribution < -0.4 is 31.9 Å². The van der Waals surface area contributed by atoms with Crippen molar-refractivity contribution >= 4 is 64.9 Å². The van der Waals surface area contributed by atoms with Crippen LogP contribution >= 0.6 is 12.4 Å². The number of halogens is 1. The van der Waals surface area contributed by atoms with Crippen LogP contribution in [0.2, 0.25) is 0 Å². The first kappa shape index (κ1) is 40.2. The second-order valence-corrected chi connectivity index (χ2v) is 11.4. The summed E-state index contributed by atoms with van der Waals surface area (Å²) in [5.41, 5.74) is 5.77. The highest BCUT2D eigenvalue weighted by atomic mass is 35.5. The van der Waals surface area contributed by atoms with Gasteiger partial charge in [0.1, 0.15) is 24.6 Å². The molecule has 3 rings (SSSR count). The second-order valence-electron chi connectivity index (χ2n) is 11.4. The number of hydrogen-bond acceptors (Lipinski definition) is 12. The van der Waals surface area contributed by atoms with Gasteiger partial charge in [-0.05, 0) is 44.2 Å². The Labute approximate surface area is 289 Å². The van der Waals surface area contributed by atoms with Gasteiger partial charge in [0.05, 0.1) is 44.2 Å². The van der Waals surface area contributed by atoms with Crippen LogP contribution in [0.25, 0.3) is 11.0 Å². The molecule has 1 saturated heterocycles. The van der Waals surface area contributed by atoms with E-state index in [1.807, 2.05) is 18.0 Å². The first-order valence-electron chi connectivity index (χ1n) is 15.6. The molecule has 1 aliphatic heterocycles. The minimum Gasteiger partial charge on any atom is -0.467 e. The van der Waals surface area contributed by atoms with Crippen molar-refractivity contribution in [3.63, 3.8) is 0 Å². The van der Waals surface area contributed by atoms with Crippen LogP contribution in [0.4, 0.5) is 10.6 Å². The second kappa shape index (κ2) is 19.7. The zero-order valence-electron chi connectivity index (χ0n) is 27.8. The largest absolute Gasteiger partial charge is 0.467 e. The zero-order valence-corrected chi connectivity index (χ0v) is 28.6. The summed E-state index contributed by atoms with van der Waals surface area (Å²) in [6.45, 7) is 2.22. The maximum atomic E-state index is 13.0. The zero-order chi connectivity index (χ0) is 35.2. The molecule has 0 unspecified atom stereocenters. The van der Waals surface area contributed by atoms with Gasteiger partial charge in [0.25, 0.3) is 0 Å². The van der Waals surface area contributed by atoms with Gasteiger partial charge >= 0.3 is 12.0 Å². The topological polar surface area (TPSA) is 247 Å². The first-order valence-corrected chi connectivity index (χ1v) is 15.6. The van der Waals surface area contributed by atoms with Gasteiger partial charge in [0, 0.05) is 26.3 Å². The summed E-state index contributed by atoms with van der Waals surface area (Å²) in [7, 11) is 3.07. The highest BCUT2D eigenvalue weighted by Crippen LogP contribution is 2.29. The van der Waals surface area contributed by atoms with Gasteiger partial charge in [-0.3, -0.25) is 23.7 Å². The monoisotopic (exact) mass is 705 g/mol. The molecule has 0 radical (unpaired) electrons. The average molecular weight is 706 g/mol. The number of hydrogen-bond donors (Lipinski definition) is 5. The van der Waals surface area contributed by atoms with Crippen LogP contribution in [0.15, 0.2) is 18.6 Å². The Kier molecular flexibility index (Phi) is 16.2. The van der Waals surface area contributed by atoms with E-state index in [9.17, 15) is 28.8 Å². The van der Waals surface area contributed by atoms with Crippen LogP contribution in [0, 0.1) is 17.2 Å². The summed E-state index contributed by atoms with van der Waals surface area (Å²) in [4.78, 5) is 86.3. The smallest absolute Gasteiger partial charge is 0.328 e. The van der Waals surface area contributed by atoms with E-state index in [4.69, 9.17) is 15.7 Å². The summed E-state index contributed by atoms with van der Waals surface area (Å²) in [6, 6.07) is 1.99. The molecule has 2 aromatic heterocycles. The van der Waals surface area contributed by atoms with Gasteiger partial charge < -0.3 is 41.5 Å². The highest BCUT2D eigenvalue weighted by Gasteiger charge is 2.33. The third kappa shape index (κ3) is 11.3. The molecule has 0 aromatic carbocycles. The molecule has 3 heterocycles. The van der Waals surface area contributed by atoms with Crippen LogP contribution in [0.5, 0.6) is 0 Å². The number of nitrogens with zero attached hydrogens (tertiary/aromatic N) is 6. The van der Waals surface area contributed by atoms with Crippen molar-refractivity contribution < 1.29 is 33.5 Å². The van der Waals surface area contributed by atoms with Crippen molar-refractivity contribution in [3.8, 4) is 6.07 Å². The van der Waals surface area contributed by atoms with E-state index in [1.165, 1.54) is 24.2 Å². The number of anilines is 1. The van der Waals surface area contributed by atoms with E-state index in [0.717, 1.165) is 6.42 Å². The van der Waals surface area contributed by atoms with Gasteiger partial charge in [-0.2, -0.15) is 5.26 Å². The number of likely N-dealkylation sites (tertiary alicyclic amines) is 1. The number of aromatic nitrogens is 3. The van der Waals surface area contributed by atoms with Crippen LogP contribution in [0.3, 0.4) is 0 Å². The van der Waals surface area contributed by atoms with Gasteiger partial charge in [-0.1, -0.05) is 6.92 Å². The predicted molar refractivity (Wildman–Crippen MR) is 179 cm³/mol. The van der Waals surface area contributed by atoms with Crippen LogP contribution in [0.1, 0.15) is 39.0 Å². The van der Waals surface area contributed by atoms with E-state index in [0.29, 0.717) is 55.7 Å². The lowest BCUT2D eigenvalue weighted by Gasteiger charge is -2.42. The molecule has 6 N–H and O–H groups in total. The first-order chi connectivity index (χ1) is 23.0. The summed E-state index contributed by atoms with van der Waals surface area (Å²) in [5, 5.41) is 19.2. The number of ether oxygens (including phenoxy) is 1. The molecule has 2 aromatic rings. The number of nitrogens with two attached hydrogens (primary N) is 1. The van der Waals surface area contributed by atoms with E-state index < -0.39 is 55.4 Å². The average Bonchev–Trinajstić information content (AvgIpc) is 3.52. The van der Waals surface area contributed by atoms with E-state index in [2.05, 4.69) is 38.2 Å². The number of esters is 1. The lowest BCUT2D eigenvalue weighted by atomic mass is 9.92. The summed E-state index contributed by atoms with van der Waals surface area (Å²) >= 11 is 0. The highest BCUT2D eigenvalue weighted by molar-refractivity contribution is 5.96. The van der Waals surface area contributed by atoms with Gasteiger partial charge in [0.15, 0.2) is 5.65 Å². The predicted octanol–water partition coefficient (Wildman–Crippen LogP) is -0.983. The normalized spacial score (nSPS) is 15.9. The quantitative estimate of drug-likeness (QED) is 0.111. The molecule has 18 nitrogen and oxygen atoms in total. The van der Waals surface area contributed by atoms with Crippen molar-refractivity contribution in [2.24, 2.45) is 11.7 Å². The summed E-state index contributed by atoms with van der Waals surface area (Å²) in [5.74, 6) is -1.96. The minimum absolute atomic E-state index is 0. The standard InChI is InChI=1S/C30H43N11O7.ClH/c1-19-8-12-40(26(45)7-11-32)17-22(19)39(2)27-20-9-13-41(28(20)37-18-36-27)30(47)35-15-24(43)33-14-23(42)34-16-25(44)38-21(29(46)48-3)6-4-5-10-31;/h9,13,18-19,21-22H,4-8,10,12,14-17,31H2,1-3H3,(H,33,43)(H,34,42)(H,35,47)(H,38,44);1H/t19-,21-,22+;/m1./s1. The Balaban J connectivity index is 0.00000833. The fourth-order valence-corrected chi connectivity index (χ4v) is 5.35. The van der Waals surface area contributed by atoms with E-state index in [1.54, 1.807) is 11.0 Å². The molecular formula is C30H44ClN11O7. The van der Waals surface area contributed by atoms with Gasteiger partial charge in [-0.15, -0.1) is 12.4 Å². The SMILES string of the molecule is COC(=O)[C@@H](CCCCN)NC(=O)CNC(=O)CNC(=O)CNC(=O)n1ccc2c(N(C)[C@H]3CN(C(=O)CC#N)CC[C@H]3C)ncnc21.Cl. The Morgan fingerprint density at radius 1 is 1.08 bits per heavy atom. The maximum absolute atomic E-state index is 13.0. The van der Waals surface area contributed by atoms with Crippen molar-refractivity contribution in [2.75, 3.05) is 58.3 Å². The number of unbranched alkanes of at least 4 members (excludes halogenated alkanes) is 1. The number of fused-ring (bicyclic) bond motifs is 1. The van der Waals surface area contributed by atoms with E-state index in [-0.39, 0.29) is 36.7 Å². The number of piperidine rings is 1. The molecule has 5 amide bonds. The fraction of sp³-hybridized carbons (Fsp3) is 0.567. The molecule has 1 aliphatic rings. The molecule has 0 spiro atoms. The number of carbonyl (C=O) groups is 6. The molecule has 19 heteroatoms. The van der Waals surface area contributed by atoms with Crippen molar-refractivity contribution in [1.29, 1.82) is 5.26 Å². The maximum Gasteiger partial charge on any atom is 0.328 e. The third-order valence-electron chi connectivity index (χ3n) is 8.07. The minimum atomic E-state index is -0.870. The number of nitriles is 1. The number of nitrogens with one attached hydrogen (secondary N) is 4. The lowest BCUT2D eigenvalue weighted by molar-refractivity contribution is -0.145. The van der Waals surface area contributed by atoms with Crippen LogP contribution in [-0.4, -0.2) is 121 Å². The Morgan fingerprint density at radius 2 is 1.76 bits per heavy atom. The van der Waals surface area contributed by atoms with Crippen molar-refractivity contribution in [3.05, 3.63) is 18.6 Å². The molecule has 1 fully saturated rings. The van der Waals surface area contributed by atoms with Crippen molar-refractivity contribution in [1.82, 2.24) is 40.7 Å². The van der Waals surface area contributed by atoms with Gasteiger partial charge in [-0.25, -0.2) is 19.6 Å². The molecule has 3 atom stereocenters. The van der Waals surface area contributed by atoms with Gasteiger partial charge in [0.2, 0.25) is 23.6 Å². The molecule has 0 saturated carbocycles. The lowest BCUT2D eigenvalue weighted by Crippen LogP contribution is -2.52. The number of likely N-dealkylation sites (N-methyl/N-ethyl adjacent to an activating group) is 1. The fourth-order valence-electron chi connectivity index (χ4n) is 5.35. The molecule has 49 heavy (non-hydrogen) atoms. The Morgan fingerprint density at radius 3 is 2.41 bits per heavy atom. The van der Waals surface area contributed by atoms with E-state index >= 15 is 0 Å². The number of carbonyl (C=O) groups excluding carboxylic acids is 6. The molecule has 0 aliphatic carbocycles. The summed E-state index contributed by atoms with van der Waals surface area (Å²) in [6.07, 6.45) is 5.02. The number of amides is 5.